The Balaban J connectivity index is 1.62. The van der Waals surface area contributed by atoms with Crippen LogP contribution in [0.1, 0.15) is 12.0 Å². The molecule has 1 aliphatic rings. The molecule has 1 unspecified atom stereocenters. The molecule has 5 nitrogen and oxygen atoms in total. The van der Waals surface area contributed by atoms with Gasteiger partial charge in [0, 0.05) is 35.8 Å². The van der Waals surface area contributed by atoms with Crippen LogP contribution in [0.5, 0.6) is 5.75 Å². The topological polar surface area (TPSA) is 47.5 Å². The van der Waals surface area contributed by atoms with Crippen LogP contribution < -0.4 is 9.64 Å². The van der Waals surface area contributed by atoms with Gasteiger partial charge in [-0.05, 0) is 18.6 Å². The van der Waals surface area contributed by atoms with Gasteiger partial charge in [0.1, 0.15) is 6.61 Å². The molecule has 0 aliphatic carbocycles. The summed E-state index contributed by atoms with van der Waals surface area (Å²) in [5.41, 5.74) is 0.752. The van der Waals surface area contributed by atoms with Gasteiger partial charge in [-0.1, -0.05) is 29.3 Å². The first-order valence-corrected chi connectivity index (χ1v) is 8.08. The van der Waals surface area contributed by atoms with E-state index in [-0.39, 0.29) is 12.7 Å². The minimum Gasteiger partial charge on any atom is -0.486 e. The van der Waals surface area contributed by atoms with Crippen LogP contribution in [-0.4, -0.2) is 36.3 Å². The summed E-state index contributed by atoms with van der Waals surface area (Å²) < 4.78 is 11.0. The van der Waals surface area contributed by atoms with Crippen molar-refractivity contribution in [1.82, 2.24) is 9.97 Å². The molecule has 0 spiro atoms. The highest BCUT2D eigenvalue weighted by molar-refractivity contribution is 6.35. The summed E-state index contributed by atoms with van der Waals surface area (Å²) in [6.07, 6.45) is 4.56. The molecule has 122 valence electrons. The van der Waals surface area contributed by atoms with Crippen LogP contribution in [0, 0.1) is 0 Å². The highest BCUT2D eigenvalue weighted by Gasteiger charge is 2.23. The second kappa shape index (κ2) is 7.34. The van der Waals surface area contributed by atoms with Crippen LogP contribution in [0.2, 0.25) is 10.0 Å². The van der Waals surface area contributed by atoms with Crippen molar-refractivity contribution in [3.8, 4) is 5.75 Å². The molecule has 0 N–H and O–H groups in total. The molecule has 1 aliphatic heterocycles. The highest BCUT2D eigenvalue weighted by atomic mass is 35.5. The predicted molar refractivity (Wildman–Crippen MR) is 90.5 cm³/mol. The average Bonchev–Trinajstić information content (AvgIpc) is 3.04. The molecule has 1 aromatic carbocycles. The van der Waals surface area contributed by atoms with E-state index in [9.17, 15) is 0 Å². The van der Waals surface area contributed by atoms with Gasteiger partial charge >= 0.3 is 0 Å². The standard InChI is InChI=1S/C16H17Cl2N3O2/c1-22-11-5-6-21(9-11)16-19-7-12(8-20-16)23-10-13-14(17)3-2-4-15(13)18/h2-4,7-8,11H,5-6,9-10H2,1H3. The van der Waals surface area contributed by atoms with E-state index in [1.807, 2.05) is 0 Å². The molecule has 0 saturated carbocycles. The lowest BCUT2D eigenvalue weighted by Gasteiger charge is -2.16. The third kappa shape index (κ3) is 3.86. The minimum absolute atomic E-state index is 0.247. The van der Waals surface area contributed by atoms with Crippen molar-refractivity contribution >= 4 is 29.2 Å². The average molecular weight is 354 g/mol. The second-order valence-corrected chi connectivity index (χ2v) is 6.11. The number of methoxy groups -OCH3 is 1. The molecule has 1 saturated heterocycles. The van der Waals surface area contributed by atoms with Crippen molar-refractivity contribution < 1.29 is 9.47 Å². The molecule has 7 heteroatoms. The number of aromatic nitrogens is 2. The predicted octanol–water partition coefficient (Wildman–Crippen LogP) is 3.59. The largest absolute Gasteiger partial charge is 0.486 e. The van der Waals surface area contributed by atoms with Crippen LogP contribution >= 0.6 is 23.2 Å². The van der Waals surface area contributed by atoms with Gasteiger partial charge in [0.05, 0.1) is 18.5 Å². The van der Waals surface area contributed by atoms with Gasteiger partial charge in [-0.15, -0.1) is 0 Å². The Bertz CT molecular complexity index is 647. The Labute approximate surface area is 145 Å². The van der Waals surface area contributed by atoms with Crippen molar-refractivity contribution in [2.45, 2.75) is 19.1 Å². The number of benzene rings is 1. The normalized spacial score (nSPS) is 17.5. The maximum absolute atomic E-state index is 6.12. The Hall–Kier alpha value is -1.56. The zero-order valence-corrected chi connectivity index (χ0v) is 14.2. The van der Waals surface area contributed by atoms with Crippen LogP contribution in [0.4, 0.5) is 5.95 Å². The lowest BCUT2D eigenvalue weighted by atomic mass is 10.2. The van der Waals surface area contributed by atoms with E-state index in [0.717, 1.165) is 25.1 Å². The number of hydrogen-bond donors (Lipinski definition) is 0. The summed E-state index contributed by atoms with van der Waals surface area (Å²) in [5, 5.41) is 1.16. The number of rotatable bonds is 5. The Morgan fingerprint density at radius 3 is 2.52 bits per heavy atom. The maximum atomic E-state index is 6.12. The fourth-order valence-electron chi connectivity index (χ4n) is 2.48. The van der Waals surface area contributed by atoms with E-state index >= 15 is 0 Å². The summed E-state index contributed by atoms with van der Waals surface area (Å²) in [6, 6.07) is 5.37. The van der Waals surface area contributed by atoms with Crippen LogP contribution in [-0.2, 0) is 11.3 Å². The third-order valence-electron chi connectivity index (χ3n) is 3.82. The summed E-state index contributed by atoms with van der Waals surface area (Å²) in [7, 11) is 1.73. The lowest BCUT2D eigenvalue weighted by Crippen LogP contribution is -2.24. The third-order valence-corrected chi connectivity index (χ3v) is 4.53. The zero-order valence-electron chi connectivity index (χ0n) is 12.7. The Morgan fingerprint density at radius 2 is 1.91 bits per heavy atom. The molecule has 2 heterocycles. The van der Waals surface area contributed by atoms with Crippen LogP contribution in [0.15, 0.2) is 30.6 Å². The molecule has 1 aromatic heterocycles. The van der Waals surface area contributed by atoms with Gasteiger partial charge in [-0.3, -0.25) is 0 Å². The van der Waals surface area contributed by atoms with E-state index < -0.39 is 0 Å². The van der Waals surface area contributed by atoms with Crippen molar-refractivity contribution in [3.63, 3.8) is 0 Å². The van der Waals surface area contributed by atoms with E-state index in [1.54, 1.807) is 37.7 Å². The summed E-state index contributed by atoms with van der Waals surface area (Å²) >= 11 is 12.2. The first kappa shape index (κ1) is 16.3. The molecule has 23 heavy (non-hydrogen) atoms. The van der Waals surface area contributed by atoms with E-state index in [2.05, 4.69) is 14.9 Å². The molecule has 2 aromatic rings. The van der Waals surface area contributed by atoms with Crippen LogP contribution in [0.3, 0.4) is 0 Å². The highest BCUT2D eigenvalue weighted by Crippen LogP contribution is 2.26. The molecule has 0 radical (unpaired) electrons. The quantitative estimate of drug-likeness (QED) is 0.821. The molecule has 3 rings (SSSR count). The van der Waals surface area contributed by atoms with E-state index in [4.69, 9.17) is 32.7 Å². The first-order chi connectivity index (χ1) is 11.2. The van der Waals surface area contributed by atoms with Gasteiger partial charge in [0.25, 0.3) is 0 Å². The van der Waals surface area contributed by atoms with Crippen molar-refractivity contribution in [2.75, 3.05) is 25.1 Å². The van der Waals surface area contributed by atoms with Crippen molar-refractivity contribution in [3.05, 3.63) is 46.2 Å². The van der Waals surface area contributed by atoms with E-state index in [1.165, 1.54) is 0 Å². The number of ether oxygens (including phenoxy) is 2. The fraction of sp³-hybridized carbons (Fsp3) is 0.375. The molecule has 1 atom stereocenters. The number of anilines is 1. The minimum atomic E-state index is 0.247. The molecular weight excluding hydrogens is 337 g/mol. The summed E-state index contributed by atoms with van der Waals surface area (Å²) in [5.74, 6) is 1.26. The van der Waals surface area contributed by atoms with Crippen molar-refractivity contribution in [1.29, 1.82) is 0 Å². The molecule has 1 fully saturated rings. The van der Waals surface area contributed by atoms with Gasteiger partial charge in [-0.2, -0.15) is 0 Å². The second-order valence-electron chi connectivity index (χ2n) is 5.30. The molecule has 0 amide bonds. The maximum Gasteiger partial charge on any atom is 0.225 e. The van der Waals surface area contributed by atoms with Gasteiger partial charge in [-0.25, -0.2) is 9.97 Å². The number of hydrogen-bond acceptors (Lipinski definition) is 5. The van der Waals surface area contributed by atoms with Gasteiger partial charge in [0.2, 0.25) is 5.95 Å². The first-order valence-electron chi connectivity index (χ1n) is 7.33. The van der Waals surface area contributed by atoms with Gasteiger partial charge < -0.3 is 14.4 Å². The summed E-state index contributed by atoms with van der Waals surface area (Å²) in [4.78, 5) is 10.8. The monoisotopic (exact) mass is 353 g/mol. The zero-order chi connectivity index (χ0) is 16.2. The summed E-state index contributed by atoms with van der Waals surface area (Å²) in [6.45, 7) is 1.98. The molecular formula is C16H17Cl2N3O2. The Morgan fingerprint density at radius 1 is 1.22 bits per heavy atom. The van der Waals surface area contributed by atoms with Gasteiger partial charge in [0.15, 0.2) is 5.75 Å². The number of nitrogens with zero attached hydrogens (tertiary/aromatic N) is 3. The lowest BCUT2D eigenvalue weighted by molar-refractivity contribution is 0.121. The molecule has 0 bridgehead atoms. The van der Waals surface area contributed by atoms with Crippen molar-refractivity contribution in [2.24, 2.45) is 0 Å². The number of halogens is 2. The van der Waals surface area contributed by atoms with E-state index in [0.29, 0.717) is 21.7 Å². The van der Waals surface area contributed by atoms with Crippen LogP contribution in [0.25, 0.3) is 0 Å². The fourth-order valence-corrected chi connectivity index (χ4v) is 2.98. The Kier molecular flexibility index (Phi) is 5.20. The SMILES string of the molecule is COC1CCN(c2ncc(OCc3c(Cl)cccc3Cl)cn2)C1. The smallest absolute Gasteiger partial charge is 0.225 e.